The van der Waals surface area contributed by atoms with Gasteiger partial charge in [-0.15, -0.1) is 0 Å². The van der Waals surface area contributed by atoms with Crippen LogP contribution in [-0.2, 0) is 6.54 Å². The summed E-state index contributed by atoms with van der Waals surface area (Å²) in [6, 6.07) is 3.91. The molecule has 0 unspecified atom stereocenters. The van der Waals surface area contributed by atoms with Crippen molar-refractivity contribution in [3.05, 3.63) is 42.5 Å². The summed E-state index contributed by atoms with van der Waals surface area (Å²) < 4.78 is 1.80. The van der Waals surface area contributed by atoms with Crippen LogP contribution in [0.2, 0.25) is 0 Å². The van der Waals surface area contributed by atoms with Gasteiger partial charge in [-0.25, -0.2) is 0 Å². The third-order valence-corrected chi connectivity index (χ3v) is 1.75. The van der Waals surface area contributed by atoms with E-state index in [1.165, 1.54) is 0 Å². The predicted octanol–water partition coefficient (Wildman–Crippen LogP) is 0.909. The number of rotatable bonds is 2. The molecule has 4 heteroatoms. The SMILES string of the molecule is Nc1cnn(Cc2ccncc2)c1. The van der Waals surface area contributed by atoms with Crippen molar-refractivity contribution in [3.63, 3.8) is 0 Å². The van der Waals surface area contributed by atoms with Gasteiger partial charge in [0, 0.05) is 18.6 Å². The van der Waals surface area contributed by atoms with Crippen LogP contribution in [0.5, 0.6) is 0 Å². The fraction of sp³-hybridized carbons (Fsp3) is 0.111. The van der Waals surface area contributed by atoms with Crippen LogP contribution in [0.4, 0.5) is 5.69 Å². The highest BCUT2D eigenvalue weighted by Gasteiger charge is 1.95. The minimum Gasteiger partial charge on any atom is -0.396 e. The molecule has 0 atom stereocenters. The third-order valence-electron chi connectivity index (χ3n) is 1.75. The van der Waals surface area contributed by atoms with Gasteiger partial charge in [0.25, 0.3) is 0 Å². The summed E-state index contributed by atoms with van der Waals surface area (Å²) in [5.41, 5.74) is 7.39. The summed E-state index contributed by atoms with van der Waals surface area (Å²) in [6.07, 6.45) is 6.98. The fourth-order valence-corrected chi connectivity index (χ4v) is 1.14. The van der Waals surface area contributed by atoms with Crippen molar-refractivity contribution in [2.45, 2.75) is 6.54 Å². The summed E-state index contributed by atoms with van der Waals surface area (Å²) >= 11 is 0. The lowest BCUT2D eigenvalue weighted by Gasteiger charge is -1.99. The van der Waals surface area contributed by atoms with E-state index in [0.29, 0.717) is 5.69 Å². The van der Waals surface area contributed by atoms with Gasteiger partial charge in [-0.05, 0) is 17.7 Å². The number of aromatic nitrogens is 3. The second-order valence-corrected chi connectivity index (χ2v) is 2.83. The lowest BCUT2D eigenvalue weighted by atomic mass is 10.3. The topological polar surface area (TPSA) is 56.7 Å². The van der Waals surface area contributed by atoms with Gasteiger partial charge in [-0.2, -0.15) is 5.10 Å². The van der Waals surface area contributed by atoms with E-state index in [9.17, 15) is 0 Å². The minimum absolute atomic E-state index is 0.689. The molecule has 0 spiro atoms. The van der Waals surface area contributed by atoms with E-state index in [1.54, 1.807) is 29.5 Å². The van der Waals surface area contributed by atoms with Crippen molar-refractivity contribution >= 4 is 5.69 Å². The Bertz CT molecular complexity index is 380. The lowest BCUT2D eigenvalue weighted by molar-refractivity contribution is 0.686. The number of anilines is 1. The molecular formula is C9H10N4. The quantitative estimate of drug-likeness (QED) is 0.736. The molecule has 66 valence electrons. The van der Waals surface area contributed by atoms with Crippen LogP contribution in [0.25, 0.3) is 0 Å². The second kappa shape index (κ2) is 3.26. The molecule has 0 aromatic carbocycles. The molecule has 0 bridgehead atoms. The first-order valence-corrected chi connectivity index (χ1v) is 4.01. The smallest absolute Gasteiger partial charge is 0.0719 e. The van der Waals surface area contributed by atoms with E-state index >= 15 is 0 Å². The molecule has 0 radical (unpaired) electrons. The Morgan fingerprint density at radius 2 is 2.08 bits per heavy atom. The molecule has 0 aliphatic rings. The molecule has 2 heterocycles. The molecule has 13 heavy (non-hydrogen) atoms. The Balaban J connectivity index is 2.15. The molecule has 2 rings (SSSR count). The lowest BCUT2D eigenvalue weighted by Crippen LogP contribution is -1.99. The van der Waals surface area contributed by atoms with Crippen molar-refractivity contribution in [2.24, 2.45) is 0 Å². The second-order valence-electron chi connectivity index (χ2n) is 2.83. The first-order valence-electron chi connectivity index (χ1n) is 4.01. The standard InChI is InChI=1S/C9H10N4/c10-9-5-12-13(7-9)6-8-1-3-11-4-2-8/h1-5,7H,6,10H2. The van der Waals surface area contributed by atoms with Gasteiger partial charge >= 0.3 is 0 Å². The van der Waals surface area contributed by atoms with E-state index < -0.39 is 0 Å². The molecular weight excluding hydrogens is 164 g/mol. The Kier molecular flexibility index (Phi) is 1.96. The van der Waals surface area contributed by atoms with Gasteiger partial charge in [0.2, 0.25) is 0 Å². The Labute approximate surface area is 76.0 Å². The summed E-state index contributed by atoms with van der Waals surface area (Å²) in [6.45, 7) is 0.736. The van der Waals surface area contributed by atoms with Crippen LogP contribution in [0, 0.1) is 0 Å². The van der Waals surface area contributed by atoms with Crippen LogP contribution in [0.15, 0.2) is 36.9 Å². The zero-order chi connectivity index (χ0) is 9.10. The number of nitrogens with zero attached hydrogens (tertiary/aromatic N) is 3. The van der Waals surface area contributed by atoms with Crippen LogP contribution in [-0.4, -0.2) is 14.8 Å². The Morgan fingerprint density at radius 1 is 1.31 bits per heavy atom. The fourth-order valence-electron chi connectivity index (χ4n) is 1.14. The molecule has 0 aliphatic carbocycles. The van der Waals surface area contributed by atoms with E-state index in [1.807, 2.05) is 12.1 Å². The highest BCUT2D eigenvalue weighted by Crippen LogP contribution is 2.02. The molecule has 2 N–H and O–H groups in total. The van der Waals surface area contributed by atoms with Crippen LogP contribution in [0.1, 0.15) is 5.56 Å². The van der Waals surface area contributed by atoms with Gasteiger partial charge < -0.3 is 5.73 Å². The molecule has 0 saturated heterocycles. The van der Waals surface area contributed by atoms with Crippen molar-refractivity contribution in [1.82, 2.24) is 14.8 Å². The molecule has 0 fully saturated rings. The van der Waals surface area contributed by atoms with E-state index in [4.69, 9.17) is 5.73 Å². The maximum absolute atomic E-state index is 5.54. The van der Waals surface area contributed by atoms with Crippen molar-refractivity contribution in [3.8, 4) is 0 Å². The molecule has 0 saturated carbocycles. The maximum atomic E-state index is 5.54. The van der Waals surface area contributed by atoms with Gasteiger partial charge in [0.05, 0.1) is 18.4 Å². The van der Waals surface area contributed by atoms with Crippen LogP contribution >= 0.6 is 0 Å². The van der Waals surface area contributed by atoms with Gasteiger partial charge in [0.1, 0.15) is 0 Å². The highest BCUT2D eigenvalue weighted by atomic mass is 15.3. The average Bonchev–Trinajstić information content (AvgIpc) is 2.53. The largest absolute Gasteiger partial charge is 0.396 e. The minimum atomic E-state index is 0.689. The van der Waals surface area contributed by atoms with Crippen molar-refractivity contribution in [1.29, 1.82) is 0 Å². The summed E-state index contributed by atoms with van der Waals surface area (Å²) in [5, 5.41) is 4.08. The van der Waals surface area contributed by atoms with Crippen LogP contribution < -0.4 is 5.73 Å². The molecule has 2 aromatic heterocycles. The average molecular weight is 174 g/mol. The summed E-state index contributed by atoms with van der Waals surface area (Å²) in [5.74, 6) is 0. The van der Waals surface area contributed by atoms with E-state index in [-0.39, 0.29) is 0 Å². The Morgan fingerprint density at radius 3 is 2.69 bits per heavy atom. The summed E-state index contributed by atoms with van der Waals surface area (Å²) in [7, 11) is 0. The third kappa shape index (κ3) is 1.84. The molecule has 0 amide bonds. The van der Waals surface area contributed by atoms with Crippen molar-refractivity contribution < 1.29 is 0 Å². The number of hydrogen-bond donors (Lipinski definition) is 1. The first-order chi connectivity index (χ1) is 6.34. The van der Waals surface area contributed by atoms with E-state index in [2.05, 4.69) is 10.1 Å². The molecule has 0 aliphatic heterocycles. The normalized spacial score (nSPS) is 10.2. The number of pyridine rings is 1. The predicted molar refractivity (Wildman–Crippen MR) is 50.0 cm³/mol. The maximum Gasteiger partial charge on any atom is 0.0719 e. The van der Waals surface area contributed by atoms with Gasteiger partial charge in [-0.1, -0.05) is 0 Å². The summed E-state index contributed by atoms with van der Waals surface area (Å²) in [4.78, 5) is 3.94. The monoisotopic (exact) mass is 174 g/mol. The molecule has 2 aromatic rings. The molecule has 4 nitrogen and oxygen atoms in total. The van der Waals surface area contributed by atoms with Gasteiger partial charge in [-0.3, -0.25) is 9.67 Å². The first kappa shape index (κ1) is 7.79. The zero-order valence-electron chi connectivity index (χ0n) is 7.09. The number of nitrogen functional groups attached to an aromatic ring is 1. The van der Waals surface area contributed by atoms with Crippen LogP contribution in [0.3, 0.4) is 0 Å². The highest BCUT2D eigenvalue weighted by molar-refractivity contribution is 5.30. The Hall–Kier alpha value is -1.84. The van der Waals surface area contributed by atoms with Gasteiger partial charge in [0.15, 0.2) is 0 Å². The van der Waals surface area contributed by atoms with Crippen molar-refractivity contribution in [2.75, 3.05) is 5.73 Å². The van der Waals surface area contributed by atoms with E-state index in [0.717, 1.165) is 12.1 Å². The zero-order valence-corrected chi connectivity index (χ0v) is 7.09. The number of nitrogens with two attached hydrogens (primary N) is 1. The number of hydrogen-bond acceptors (Lipinski definition) is 3.